The molecule has 2 heterocycles. The number of fused-ring (bicyclic) bond motifs is 1. The van der Waals surface area contributed by atoms with Crippen LogP contribution < -0.4 is 5.32 Å². The van der Waals surface area contributed by atoms with Crippen LogP contribution in [0.5, 0.6) is 0 Å². The van der Waals surface area contributed by atoms with Gasteiger partial charge in [-0.15, -0.1) is 0 Å². The highest BCUT2D eigenvalue weighted by atomic mass is 35.5. The number of aromatic nitrogens is 2. The van der Waals surface area contributed by atoms with Crippen molar-refractivity contribution >= 4 is 17.5 Å². The molecule has 4 nitrogen and oxygen atoms in total. The zero-order chi connectivity index (χ0) is 12.5. The summed E-state index contributed by atoms with van der Waals surface area (Å²) in [5, 5.41) is 13.2. The summed E-state index contributed by atoms with van der Waals surface area (Å²) in [6.45, 7) is 1.74. The molecule has 3 rings (SSSR count). The number of hydrogen-bond donors (Lipinski definition) is 1. The molecule has 0 radical (unpaired) electrons. The summed E-state index contributed by atoms with van der Waals surface area (Å²) in [5.74, 6) is 0.780. The fraction of sp³-hybridized carbons (Fsp3) is 0.231. The van der Waals surface area contributed by atoms with Gasteiger partial charge in [0.2, 0.25) is 5.95 Å². The topological polar surface area (TPSA) is 53.6 Å². The van der Waals surface area contributed by atoms with E-state index in [-0.39, 0.29) is 0 Å². The van der Waals surface area contributed by atoms with Crippen LogP contribution in [-0.2, 0) is 6.54 Å². The van der Waals surface area contributed by atoms with Crippen LogP contribution in [-0.4, -0.2) is 16.1 Å². The Balaban J connectivity index is 2.15. The minimum atomic E-state index is 0.611. The molecule has 1 aliphatic heterocycles. The van der Waals surface area contributed by atoms with Crippen molar-refractivity contribution in [3.8, 4) is 17.3 Å². The van der Waals surface area contributed by atoms with Crippen LogP contribution in [0.2, 0.25) is 5.02 Å². The second kappa shape index (κ2) is 4.35. The lowest BCUT2D eigenvalue weighted by molar-refractivity contribution is 0.622. The zero-order valence-electron chi connectivity index (χ0n) is 9.65. The number of rotatable bonds is 1. The van der Waals surface area contributed by atoms with E-state index in [4.69, 9.17) is 11.6 Å². The van der Waals surface area contributed by atoms with E-state index in [2.05, 4.69) is 16.4 Å². The number of anilines is 1. The first kappa shape index (κ1) is 11.1. The summed E-state index contributed by atoms with van der Waals surface area (Å²) in [7, 11) is 0. The van der Waals surface area contributed by atoms with Gasteiger partial charge in [0.25, 0.3) is 0 Å². The van der Waals surface area contributed by atoms with E-state index in [1.807, 2.05) is 28.8 Å². The first-order valence-corrected chi connectivity index (χ1v) is 6.18. The summed E-state index contributed by atoms with van der Waals surface area (Å²) in [6, 6.07) is 9.64. The molecule has 0 amide bonds. The number of imidazole rings is 1. The van der Waals surface area contributed by atoms with Crippen LogP contribution in [0.15, 0.2) is 24.3 Å². The summed E-state index contributed by atoms with van der Waals surface area (Å²) in [5.41, 5.74) is 2.25. The van der Waals surface area contributed by atoms with Crippen molar-refractivity contribution in [2.75, 3.05) is 11.9 Å². The molecule has 18 heavy (non-hydrogen) atoms. The Kier molecular flexibility index (Phi) is 2.69. The van der Waals surface area contributed by atoms with Crippen molar-refractivity contribution in [1.82, 2.24) is 9.55 Å². The number of nitrogens with zero attached hydrogens (tertiary/aromatic N) is 3. The second-order valence-corrected chi connectivity index (χ2v) is 4.62. The van der Waals surface area contributed by atoms with Crippen LogP contribution in [0, 0.1) is 11.3 Å². The predicted molar refractivity (Wildman–Crippen MR) is 70.5 cm³/mol. The van der Waals surface area contributed by atoms with E-state index in [1.54, 1.807) is 0 Å². The molecule has 0 saturated heterocycles. The maximum absolute atomic E-state index is 9.31. The predicted octanol–water partition coefficient (Wildman–Crippen LogP) is 2.89. The minimum Gasteiger partial charge on any atom is -0.356 e. The molecule has 0 bridgehead atoms. The van der Waals surface area contributed by atoms with Crippen molar-refractivity contribution in [3.63, 3.8) is 0 Å². The third kappa shape index (κ3) is 1.73. The minimum absolute atomic E-state index is 0.611. The van der Waals surface area contributed by atoms with Crippen molar-refractivity contribution in [2.45, 2.75) is 13.0 Å². The molecule has 1 aromatic heterocycles. The highest BCUT2D eigenvalue weighted by Gasteiger charge is 2.20. The average Bonchev–Trinajstić information content (AvgIpc) is 2.78. The molecule has 90 valence electrons. The van der Waals surface area contributed by atoms with Gasteiger partial charge in [0, 0.05) is 23.7 Å². The van der Waals surface area contributed by atoms with Crippen LogP contribution >= 0.6 is 11.6 Å². The number of nitriles is 1. The first-order chi connectivity index (χ1) is 8.79. The third-order valence-electron chi connectivity index (χ3n) is 3.03. The van der Waals surface area contributed by atoms with E-state index in [1.165, 1.54) is 0 Å². The quantitative estimate of drug-likeness (QED) is 0.856. The van der Waals surface area contributed by atoms with Crippen molar-refractivity contribution in [2.24, 2.45) is 0 Å². The molecular weight excluding hydrogens is 248 g/mol. The van der Waals surface area contributed by atoms with Gasteiger partial charge in [-0.3, -0.25) is 0 Å². The van der Waals surface area contributed by atoms with Gasteiger partial charge in [0.05, 0.1) is 0 Å². The largest absolute Gasteiger partial charge is 0.356 e. The lowest BCUT2D eigenvalue weighted by Crippen LogP contribution is -2.18. The van der Waals surface area contributed by atoms with E-state index in [9.17, 15) is 5.26 Å². The summed E-state index contributed by atoms with van der Waals surface area (Å²) in [4.78, 5) is 4.51. The summed E-state index contributed by atoms with van der Waals surface area (Å²) in [6.07, 6.45) is 1.01. The normalized spacial score (nSPS) is 13.6. The Morgan fingerprint density at radius 2 is 2.11 bits per heavy atom. The number of benzene rings is 1. The number of nitrogens with one attached hydrogen (secondary N) is 1. The van der Waals surface area contributed by atoms with Gasteiger partial charge >= 0.3 is 0 Å². The number of halogens is 1. The monoisotopic (exact) mass is 258 g/mol. The first-order valence-electron chi connectivity index (χ1n) is 5.80. The lowest BCUT2D eigenvalue weighted by atomic mass is 10.1. The molecule has 2 aromatic rings. The van der Waals surface area contributed by atoms with Crippen molar-refractivity contribution in [1.29, 1.82) is 5.26 Å². The van der Waals surface area contributed by atoms with Gasteiger partial charge in [-0.05, 0) is 18.6 Å². The maximum Gasteiger partial charge on any atom is 0.204 e. The molecule has 0 spiro atoms. The van der Waals surface area contributed by atoms with Gasteiger partial charge < -0.3 is 9.88 Å². The third-order valence-corrected chi connectivity index (χ3v) is 3.28. The molecular formula is C13H11ClN4. The Bertz CT molecular complexity index is 622. The Labute approximate surface area is 110 Å². The Hall–Kier alpha value is -1.99. The summed E-state index contributed by atoms with van der Waals surface area (Å²) >= 11 is 5.87. The second-order valence-electron chi connectivity index (χ2n) is 4.18. The van der Waals surface area contributed by atoms with Crippen LogP contribution in [0.25, 0.3) is 11.3 Å². The van der Waals surface area contributed by atoms with E-state index < -0.39 is 0 Å². The average molecular weight is 259 g/mol. The molecule has 0 fully saturated rings. The van der Waals surface area contributed by atoms with Gasteiger partial charge in [-0.2, -0.15) is 5.26 Å². The molecule has 5 heteroatoms. The molecule has 0 unspecified atom stereocenters. The molecule has 0 atom stereocenters. The van der Waals surface area contributed by atoms with E-state index in [0.29, 0.717) is 10.7 Å². The van der Waals surface area contributed by atoms with Crippen LogP contribution in [0.3, 0.4) is 0 Å². The summed E-state index contributed by atoms with van der Waals surface area (Å²) < 4.78 is 1.94. The standard InChI is InChI=1S/C13H11ClN4/c14-10-4-2-9(3-5-10)12-11(8-15)18-7-1-6-16-13(18)17-12/h2-5H,1,6-7H2,(H,16,17). The molecule has 0 aliphatic carbocycles. The SMILES string of the molecule is N#Cc1c(-c2ccc(Cl)cc2)nc2n1CCCN2. The zero-order valence-corrected chi connectivity index (χ0v) is 10.4. The van der Waals surface area contributed by atoms with Crippen molar-refractivity contribution < 1.29 is 0 Å². The molecule has 1 aliphatic rings. The van der Waals surface area contributed by atoms with Gasteiger partial charge in [-0.25, -0.2) is 4.98 Å². The van der Waals surface area contributed by atoms with Crippen LogP contribution in [0.1, 0.15) is 12.1 Å². The fourth-order valence-corrected chi connectivity index (χ4v) is 2.29. The number of hydrogen-bond acceptors (Lipinski definition) is 3. The highest BCUT2D eigenvalue weighted by Crippen LogP contribution is 2.28. The van der Waals surface area contributed by atoms with E-state index in [0.717, 1.165) is 36.7 Å². The van der Waals surface area contributed by atoms with Crippen molar-refractivity contribution in [3.05, 3.63) is 35.0 Å². The molecule has 1 aromatic carbocycles. The van der Waals surface area contributed by atoms with E-state index >= 15 is 0 Å². The van der Waals surface area contributed by atoms with Crippen LogP contribution in [0.4, 0.5) is 5.95 Å². The molecule has 1 N–H and O–H groups in total. The highest BCUT2D eigenvalue weighted by molar-refractivity contribution is 6.30. The van der Waals surface area contributed by atoms with Gasteiger partial charge in [0.1, 0.15) is 17.5 Å². The van der Waals surface area contributed by atoms with Gasteiger partial charge in [-0.1, -0.05) is 23.7 Å². The lowest BCUT2D eigenvalue weighted by Gasteiger charge is -2.15. The fourth-order valence-electron chi connectivity index (χ4n) is 2.17. The Morgan fingerprint density at radius 3 is 2.83 bits per heavy atom. The van der Waals surface area contributed by atoms with Gasteiger partial charge in [0.15, 0.2) is 0 Å². The Morgan fingerprint density at radius 1 is 1.33 bits per heavy atom. The maximum atomic E-state index is 9.31. The smallest absolute Gasteiger partial charge is 0.204 e. The molecule has 0 saturated carbocycles.